The molecule has 1 aromatic carbocycles. The van der Waals surface area contributed by atoms with Crippen LogP contribution in [0.5, 0.6) is 0 Å². The van der Waals surface area contributed by atoms with Crippen LogP contribution in [-0.2, 0) is 49.3 Å². The summed E-state index contributed by atoms with van der Waals surface area (Å²) in [6, 6.07) is 2.68. The molecule has 0 heterocycles. The van der Waals surface area contributed by atoms with E-state index >= 15 is 0 Å². The highest BCUT2D eigenvalue weighted by Crippen LogP contribution is 2.17. The molecule has 1 radical (unpaired) electrons. The molecule has 0 aliphatic heterocycles. The van der Waals surface area contributed by atoms with Crippen molar-refractivity contribution in [3.63, 3.8) is 0 Å². The molecule has 0 aromatic heterocycles. The molecule has 5 amide bonds. The zero-order chi connectivity index (χ0) is 45.4. The molecule has 0 aliphatic carbocycles. The van der Waals surface area contributed by atoms with Gasteiger partial charge in [0.1, 0.15) is 35.8 Å². The van der Waals surface area contributed by atoms with E-state index in [1.165, 1.54) is 0 Å². The second kappa shape index (κ2) is 23.6. The minimum atomic E-state index is -1.36. The largest absolute Gasteiger partial charge is 0.444 e. The summed E-state index contributed by atoms with van der Waals surface area (Å²) in [6.45, 7) is 24.7. The zero-order valence-corrected chi connectivity index (χ0v) is 37.8. The monoisotopic (exact) mass is 834 g/mol. The second-order valence-electron chi connectivity index (χ2n) is 18.7. The number of alkyl carbamates (subject to hydrolysis) is 1. The standard InChI is InChI=1S/C43H73N6O10/c1-27(57-41(6,7)8)33(37(53)45-30(25-50)26-56-40(3,4)5)49-36(52)32(24-29-20-16-15-17-21-29)46-38(54)34(28(2)58-42(9,10)11)48-35(51)31(22-18-19-23-44)47-39(55)59-43(12,13)14/h15-17,20-21,27-28,30-34H,18-19,22-24,26,44H2,1-14H3,(H,45,53)(H,46,54)(H,47,55)(H,48,51)(H,49,52)/t27?,28?,30-,31+,32+,33+,34+/m1/s1. The van der Waals surface area contributed by atoms with Gasteiger partial charge in [-0.25, -0.2) is 4.79 Å². The van der Waals surface area contributed by atoms with E-state index < -0.39 is 94.5 Å². The van der Waals surface area contributed by atoms with Gasteiger partial charge in [0, 0.05) is 6.42 Å². The van der Waals surface area contributed by atoms with Gasteiger partial charge in [-0.3, -0.25) is 24.0 Å². The highest BCUT2D eigenvalue weighted by Gasteiger charge is 2.38. The van der Waals surface area contributed by atoms with Gasteiger partial charge in [-0.1, -0.05) is 30.3 Å². The number of unbranched alkanes of at least 4 members (excludes halogenated alkanes) is 1. The summed E-state index contributed by atoms with van der Waals surface area (Å²) in [4.78, 5) is 81.2. The molecule has 0 saturated heterocycles. The minimum absolute atomic E-state index is 0.0114. The molecule has 0 spiro atoms. The highest BCUT2D eigenvalue weighted by molar-refractivity contribution is 5.96. The summed E-state index contributed by atoms with van der Waals surface area (Å²) in [5, 5.41) is 13.5. The first-order chi connectivity index (χ1) is 27.0. The normalized spacial score (nSPS) is 15.9. The number of ether oxygens (including phenoxy) is 4. The lowest BCUT2D eigenvalue weighted by Crippen LogP contribution is -2.63. The van der Waals surface area contributed by atoms with E-state index in [0.717, 1.165) is 0 Å². The van der Waals surface area contributed by atoms with Gasteiger partial charge in [0.2, 0.25) is 29.9 Å². The number of nitrogens with one attached hydrogen (secondary N) is 5. The van der Waals surface area contributed by atoms with E-state index in [0.29, 0.717) is 24.9 Å². The third-order valence-corrected chi connectivity index (χ3v) is 8.19. The lowest BCUT2D eigenvalue weighted by molar-refractivity contribution is -0.141. The van der Waals surface area contributed by atoms with Gasteiger partial charge in [0.05, 0.1) is 35.6 Å². The zero-order valence-electron chi connectivity index (χ0n) is 37.8. The van der Waals surface area contributed by atoms with Crippen LogP contribution in [0.1, 0.15) is 122 Å². The Morgan fingerprint density at radius 3 is 1.56 bits per heavy atom. The minimum Gasteiger partial charge on any atom is -0.444 e. The number of benzene rings is 1. The summed E-state index contributed by atoms with van der Waals surface area (Å²) in [7, 11) is 0. The molecule has 0 aliphatic rings. The molecular weight excluding hydrogens is 761 g/mol. The van der Waals surface area contributed by atoms with Gasteiger partial charge < -0.3 is 51.3 Å². The van der Waals surface area contributed by atoms with E-state index in [2.05, 4.69) is 26.6 Å². The third kappa shape index (κ3) is 22.7. The Labute approximate surface area is 351 Å². The van der Waals surface area contributed by atoms with Crippen molar-refractivity contribution in [2.45, 2.75) is 187 Å². The van der Waals surface area contributed by atoms with Gasteiger partial charge >= 0.3 is 6.09 Å². The fourth-order valence-corrected chi connectivity index (χ4v) is 5.78. The Bertz CT molecular complexity index is 1500. The fraction of sp³-hybridized carbons (Fsp3) is 0.721. The summed E-state index contributed by atoms with van der Waals surface area (Å²) >= 11 is 0. The summed E-state index contributed by atoms with van der Waals surface area (Å²) in [5.74, 6) is -2.92. The van der Waals surface area contributed by atoms with Crippen LogP contribution in [0.3, 0.4) is 0 Å². The number of carbonyl (C=O) groups is 5. The molecule has 16 heteroatoms. The van der Waals surface area contributed by atoms with Crippen molar-refractivity contribution in [3.8, 4) is 0 Å². The molecule has 0 saturated carbocycles. The van der Waals surface area contributed by atoms with Crippen molar-refractivity contribution in [1.82, 2.24) is 26.6 Å². The maximum absolute atomic E-state index is 14.4. The van der Waals surface area contributed by atoms with E-state index in [4.69, 9.17) is 24.7 Å². The number of amides is 5. The van der Waals surface area contributed by atoms with Crippen LogP contribution >= 0.6 is 0 Å². The summed E-state index contributed by atoms with van der Waals surface area (Å²) in [5.41, 5.74) is 3.46. The maximum Gasteiger partial charge on any atom is 0.408 e. The van der Waals surface area contributed by atoms with E-state index in [1.807, 2.05) is 0 Å². The van der Waals surface area contributed by atoms with Crippen LogP contribution in [0, 0.1) is 0 Å². The molecular formula is C43H73N6O10. The first-order valence-electron chi connectivity index (χ1n) is 20.4. The molecule has 0 bridgehead atoms. The van der Waals surface area contributed by atoms with Crippen molar-refractivity contribution in [1.29, 1.82) is 0 Å². The molecule has 1 aromatic rings. The van der Waals surface area contributed by atoms with Gasteiger partial charge in [0.15, 0.2) is 0 Å². The van der Waals surface area contributed by atoms with Crippen LogP contribution < -0.4 is 32.3 Å². The Morgan fingerprint density at radius 1 is 0.627 bits per heavy atom. The summed E-state index contributed by atoms with van der Waals surface area (Å²) in [6.07, 6.45) is 0.390. The first-order valence-corrected chi connectivity index (χ1v) is 20.4. The highest BCUT2D eigenvalue weighted by atomic mass is 16.6. The van der Waals surface area contributed by atoms with Crippen LogP contribution in [-0.4, -0.2) is 114 Å². The van der Waals surface area contributed by atoms with Crippen molar-refractivity contribution in [2.75, 3.05) is 13.2 Å². The molecule has 335 valence electrons. The molecule has 2 unspecified atom stereocenters. The number of hydrogen-bond donors (Lipinski definition) is 6. The van der Waals surface area contributed by atoms with E-state index in [-0.39, 0.29) is 19.4 Å². The van der Waals surface area contributed by atoms with Crippen molar-refractivity contribution in [2.24, 2.45) is 5.73 Å². The molecule has 7 N–H and O–H groups in total. The molecule has 1 rings (SSSR count). The van der Waals surface area contributed by atoms with Gasteiger partial charge in [-0.05, 0) is 128 Å². The Kier molecular flexibility index (Phi) is 21.2. The predicted molar refractivity (Wildman–Crippen MR) is 226 cm³/mol. The molecule has 16 nitrogen and oxygen atoms in total. The van der Waals surface area contributed by atoms with Crippen LogP contribution in [0.15, 0.2) is 30.3 Å². The SMILES string of the molecule is CC(OC(C)(C)C)[C@H](NC(=O)[C@H](Cc1ccccc1)NC(=O)[C@@H](NC(=O)[C@H](CCCCN)NC(=O)OC(C)(C)C)C(C)OC(C)(C)C)C(=O)N[C@H]([C]=O)COC(C)(C)C. The van der Waals surface area contributed by atoms with E-state index in [1.54, 1.807) is 134 Å². The second-order valence-corrected chi connectivity index (χ2v) is 18.7. The molecule has 59 heavy (non-hydrogen) atoms. The smallest absolute Gasteiger partial charge is 0.408 e. The van der Waals surface area contributed by atoms with Gasteiger partial charge in [-0.2, -0.15) is 0 Å². The topological polar surface area (TPSA) is 226 Å². The van der Waals surface area contributed by atoms with Crippen LogP contribution in [0.2, 0.25) is 0 Å². The quantitative estimate of drug-likeness (QED) is 0.0928. The van der Waals surface area contributed by atoms with E-state index in [9.17, 15) is 28.8 Å². The summed E-state index contributed by atoms with van der Waals surface area (Å²) < 4.78 is 23.4. The van der Waals surface area contributed by atoms with Crippen LogP contribution in [0.25, 0.3) is 0 Å². The average Bonchev–Trinajstić information content (AvgIpc) is 3.07. The average molecular weight is 834 g/mol. The Balaban J connectivity index is 3.63. The maximum atomic E-state index is 14.4. The fourth-order valence-electron chi connectivity index (χ4n) is 5.78. The lowest BCUT2D eigenvalue weighted by Gasteiger charge is -2.34. The number of hydrogen-bond acceptors (Lipinski definition) is 11. The molecule has 0 fully saturated rings. The van der Waals surface area contributed by atoms with Crippen molar-refractivity contribution >= 4 is 36.0 Å². The van der Waals surface area contributed by atoms with Gasteiger partial charge in [0.25, 0.3) is 0 Å². The van der Waals surface area contributed by atoms with Crippen molar-refractivity contribution in [3.05, 3.63) is 35.9 Å². The number of rotatable bonds is 22. The third-order valence-electron chi connectivity index (χ3n) is 8.19. The van der Waals surface area contributed by atoms with Gasteiger partial charge in [-0.15, -0.1) is 0 Å². The predicted octanol–water partition coefficient (Wildman–Crippen LogP) is 3.52. The number of nitrogens with two attached hydrogens (primary N) is 1. The first kappa shape index (κ1) is 52.9. The molecule has 7 atom stereocenters. The number of carbonyl (C=O) groups excluding carboxylic acids is 6. The van der Waals surface area contributed by atoms with Crippen molar-refractivity contribution < 1.29 is 47.7 Å². The lowest BCUT2D eigenvalue weighted by atomic mass is 10.0. The Hall–Kier alpha value is -4.12. The Morgan fingerprint density at radius 2 is 1.12 bits per heavy atom. The van der Waals surface area contributed by atoms with Crippen LogP contribution in [0.4, 0.5) is 4.79 Å².